The Morgan fingerprint density at radius 2 is 1.35 bits per heavy atom. The topological polar surface area (TPSA) is 17.1 Å². The first-order valence-corrected chi connectivity index (χ1v) is 5.71. The fourth-order valence-electron chi connectivity index (χ4n) is 1.38. The number of rotatable bonds is 8. The lowest BCUT2D eigenvalue weighted by Crippen LogP contribution is -2.43. The number of halogens is 5. The molecule has 102 valence electrons. The molecule has 0 rings (SSSR count). The molecule has 0 saturated heterocycles. The SMILES string of the molecule is CCCCCCCCC(=O)C(F)(F)C(F)(F)F. The zero-order chi connectivity index (χ0) is 13.5. The van der Waals surface area contributed by atoms with E-state index in [1.807, 2.05) is 6.92 Å². The summed E-state index contributed by atoms with van der Waals surface area (Å²) >= 11 is 0. The minimum Gasteiger partial charge on any atom is -0.293 e. The molecule has 17 heavy (non-hydrogen) atoms. The molecule has 0 atom stereocenters. The summed E-state index contributed by atoms with van der Waals surface area (Å²) in [5.41, 5.74) is 0. The van der Waals surface area contributed by atoms with Gasteiger partial charge < -0.3 is 0 Å². The van der Waals surface area contributed by atoms with Gasteiger partial charge in [-0.05, 0) is 6.42 Å². The third kappa shape index (κ3) is 5.46. The van der Waals surface area contributed by atoms with Crippen LogP contribution in [0.3, 0.4) is 0 Å². The van der Waals surface area contributed by atoms with Crippen LogP contribution in [0, 0.1) is 0 Å². The molecule has 0 aliphatic carbocycles. The highest BCUT2D eigenvalue weighted by atomic mass is 19.4. The number of alkyl halides is 5. The lowest BCUT2D eigenvalue weighted by molar-refractivity contribution is -0.268. The van der Waals surface area contributed by atoms with Crippen LogP contribution in [0.2, 0.25) is 0 Å². The molecular weight excluding hydrogens is 243 g/mol. The minimum absolute atomic E-state index is 0.0915. The van der Waals surface area contributed by atoms with Gasteiger partial charge in [0.25, 0.3) is 0 Å². The summed E-state index contributed by atoms with van der Waals surface area (Å²) in [6, 6.07) is 0. The molecule has 0 spiro atoms. The van der Waals surface area contributed by atoms with Gasteiger partial charge in [-0.2, -0.15) is 22.0 Å². The van der Waals surface area contributed by atoms with Gasteiger partial charge in [-0.3, -0.25) is 4.79 Å². The van der Waals surface area contributed by atoms with Gasteiger partial charge in [0, 0.05) is 6.42 Å². The molecule has 1 nitrogen and oxygen atoms in total. The van der Waals surface area contributed by atoms with Crippen LogP contribution in [0.5, 0.6) is 0 Å². The number of carbonyl (C=O) groups is 1. The number of unbranched alkanes of at least 4 members (excludes halogenated alkanes) is 5. The van der Waals surface area contributed by atoms with Crippen LogP contribution in [0.1, 0.15) is 51.9 Å². The van der Waals surface area contributed by atoms with Crippen LogP contribution in [-0.4, -0.2) is 17.9 Å². The molecule has 0 saturated carbocycles. The molecule has 0 aromatic heterocycles. The van der Waals surface area contributed by atoms with Gasteiger partial charge in [-0.25, -0.2) is 0 Å². The molecule has 0 aromatic carbocycles. The quantitative estimate of drug-likeness (QED) is 0.463. The van der Waals surface area contributed by atoms with Gasteiger partial charge in [-0.15, -0.1) is 0 Å². The third-order valence-electron chi connectivity index (χ3n) is 2.46. The Bertz CT molecular complexity index is 235. The highest BCUT2D eigenvalue weighted by Gasteiger charge is 2.62. The van der Waals surface area contributed by atoms with Crippen molar-refractivity contribution in [3.05, 3.63) is 0 Å². The Balaban J connectivity index is 3.87. The molecule has 0 radical (unpaired) electrons. The van der Waals surface area contributed by atoms with Gasteiger partial charge in [0.1, 0.15) is 0 Å². The van der Waals surface area contributed by atoms with E-state index < -0.39 is 24.3 Å². The zero-order valence-electron chi connectivity index (χ0n) is 9.75. The molecule has 6 heteroatoms. The third-order valence-corrected chi connectivity index (χ3v) is 2.46. The van der Waals surface area contributed by atoms with Crippen LogP contribution < -0.4 is 0 Å². The Morgan fingerprint density at radius 1 is 0.882 bits per heavy atom. The van der Waals surface area contributed by atoms with E-state index in [1.165, 1.54) is 0 Å². The van der Waals surface area contributed by atoms with Crippen molar-refractivity contribution in [1.82, 2.24) is 0 Å². The molecule has 0 heterocycles. The number of carbonyl (C=O) groups excluding carboxylic acids is 1. The average Bonchev–Trinajstić information content (AvgIpc) is 2.21. The van der Waals surface area contributed by atoms with Crippen LogP contribution in [0.4, 0.5) is 22.0 Å². The fourth-order valence-corrected chi connectivity index (χ4v) is 1.38. The van der Waals surface area contributed by atoms with Crippen molar-refractivity contribution in [2.24, 2.45) is 0 Å². The van der Waals surface area contributed by atoms with E-state index in [0.717, 1.165) is 25.7 Å². The highest BCUT2D eigenvalue weighted by molar-refractivity contribution is 5.86. The van der Waals surface area contributed by atoms with Gasteiger partial charge in [0.05, 0.1) is 0 Å². The maximum atomic E-state index is 12.5. The Labute approximate surface area is 97.4 Å². The summed E-state index contributed by atoms with van der Waals surface area (Å²) < 4.78 is 60.3. The van der Waals surface area contributed by atoms with Crippen molar-refractivity contribution in [3.63, 3.8) is 0 Å². The van der Waals surface area contributed by atoms with Crippen molar-refractivity contribution in [2.45, 2.75) is 64.0 Å². The smallest absolute Gasteiger partial charge is 0.293 e. The summed E-state index contributed by atoms with van der Waals surface area (Å²) in [5, 5.41) is 0. The molecule has 0 unspecified atom stereocenters. The molecule has 0 fully saturated rings. The van der Waals surface area contributed by atoms with E-state index in [0.29, 0.717) is 6.42 Å². The second-order valence-corrected chi connectivity index (χ2v) is 4.01. The van der Waals surface area contributed by atoms with Crippen LogP contribution in [0.15, 0.2) is 0 Å². The fraction of sp³-hybridized carbons (Fsp3) is 0.909. The predicted molar refractivity (Wildman–Crippen MR) is 54.0 cm³/mol. The number of ketones is 1. The Morgan fingerprint density at radius 3 is 1.82 bits per heavy atom. The van der Waals surface area contributed by atoms with Crippen LogP contribution in [0.25, 0.3) is 0 Å². The van der Waals surface area contributed by atoms with Crippen molar-refractivity contribution in [1.29, 1.82) is 0 Å². The van der Waals surface area contributed by atoms with Crippen molar-refractivity contribution in [2.75, 3.05) is 0 Å². The first-order chi connectivity index (χ1) is 7.73. The summed E-state index contributed by atoms with van der Waals surface area (Å²) in [6.07, 6.45) is -2.17. The zero-order valence-corrected chi connectivity index (χ0v) is 9.75. The first-order valence-electron chi connectivity index (χ1n) is 5.71. The van der Waals surface area contributed by atoms with Crippen molar-refractivity contribution < 1.29 is 26.7 Å². The lowest BCUT2D eigenvalue weighted by Gasteiger charge is -2.17. The second-order valence-electron chi connectivity index (χ2n) is 4.01. The maximum absolute atomic E-state index is 12.5. The first kappa shape index (κ1) is 16.3. The summed E-state index contributed by atoms with van der Waals surface area (Å²) in [6.45, 7) is 2.01. The van der Waals surface area contributed by atoms with Crippen LogP contribution in [-0.2, 0) is 4.79 Å². The predicted octanol–water partition coefficient (Wildman–Crippen LogP) is 4.50. The standard InChI is InChI=1S/C11H17F5O/c1-2-3-4-5-6-7-8-9(17)10(12,13)11(14,15)16/h2-8H2,1H3. The molecule has 0 amide bonds. The van der Waals surface area contributed by atoms with E-state index in [4.69, 9.17) is 0 Å². The minimum atomic E-state index is -5.77. The van der Waals surface area contributed by atoms with Gasteiger partial charge in [-0.1, -0.05) is 39.0 Å². The van der Waals surface area contributed by atoms with Crippen molar-refractivity contribution in [3.8, 4) is 0 Å². The van der Waals surface area contributed by atoms with E-state index in [-0.39, 0.29) is 6.42 Å². The van der Waals surface area contributed by atoms with E-state index in [9.17, 15) is 26.7 Å². The van der Waals surface area contributed by atoms with Gasteiger partial charge in [0.2, 0.25) is 5.78 Å². The Kier molecular flexibility index (Phi) is 6.64. The summed E-state index contributed by atoms with van der Waals surface area (Å²) in [7, 11) is 0. The molecule has 0 aliphatic rings. The normalized spacial score (nSPS) is 12.8. The van der Waals surface area contributed by atoms with Gasteiger partial charge >= 0.3 is 12.1 Å². The highest BCUT2D eigenvalue weighted by Crippen LogP contribution is 2.37. The van der Waals surface area contributed by atoms with E-state index >= 15 is 0 Å². The molecule has 0 bridgehead atoms. The Hall–Kier alpha value is -0.680. The largest absolute Gasteiger partial charge is 0.461 e. The molecule has 0 N–H and O–H groups in total. The average molecular weight is 260 g/mol. The summed E-state index contributed by atoms with van der Waals surface area (Å²) in [5.74, 6) is -7.23. The lowest BCUT2D eigenvalue weighted by atomic mass is 10.0. The number of hydrogen-bond donors (Lipinski definition) is 0. The second kappa shape index (κ2) is 6.91. The molecule has 0 aromatic rings. The number of Topliss-reactive ketones (excluding diaryl/α,β-unsaturated/α-hetero) is 1. The van der Waals surface area contributed by atoms with E-state index in [1.54, 1.807) is 0 Å². The number of hydrogen-bond acceptors (Lipinski definition) is 1. The monoisotopic (exact) mass is 260 g/mol. The van der Waals surface area contributed by atoms with Crippen LogP contribution >= 0.6 is 0 Å². The van der Waals surface area contributed by atoms with E-state index in [2.05, 4.69) is 0 Å². The maximum Gasteiger partial charge on any atom is 0.461 e. The molecular formula is C11H17F5O. The summed E-state index contributed by atoms with van der Waals surface area (Å²) in [4.78, 5) is 10.7. The molecule has 0 aliphatic heterocycles. The van der Waals surface area contributed by atoms with Gasteiger partial charge in [0.15, 0.2) is 0 Å². The van der Waals surface area contributed by atoms with Crippen molar-refractivity contribution >= 4 is 5.78 Å².